The fourth-order valence-corrected chi connectivity index (χ4v) is 2.28. The molecule has 1 aliphatic carbocycles. The molecule has 0 unspecified atom stereocenters. The maximum atomic E-state index is 11.7. The first-order valence-electron chi connectivity index (χ1n) is 6.75. The molecule has 1 saturated carbocycles. The Kier molecular flexibility index (Phi) is 3.70. The highest BCUT2D eigenvalue weighted by Gasteiger charge is 2.26. The third-order valence-electron chi connectivity index (χ3n) is 3.50. The first kappa shape index (κ1) is 13.7. The van der Waals surface area contributed by atoms with Crippen molar-refractivity contribution < 1.29 is 14.3 Å². The zero-order valence-corrected chi connectivity index (χ0v) is 12.0. The summed E-state index contributed by atoms with van der Waals surface area (Å²) in [6.07, 6.45) is 6.01. The van der Waals surface area contributed by atoms with Gasteiger partial charge in [0, 0.05) is 13.2 Å². The molecule has 8 nitrogen and oxygen atoms in total. The van der Waals surface area contributed by atoms with Gasteiger partial charge in [0.2, 0.25) is 0 Å². The second-order valence-corrected chi connectivity index (χ2v) is 4.99. The number of ether oxygens (including phenoxy) is 2. The normalized spacial score (nSPS) is 14.4. The lowest BCUT2D eigenvalue weighted by molar-refractivity contribution is 0.0588. The van der Waals surface area contributed by atoms with Gasteiger partial charge in [0.05, 0.1) is 44.2 Å². The van der Waals surface area contributed by atoms with Crippen LogP contribution in [0.3, 0.4) is 0 Å². The van der Waals surface area contributed by atoms with Crippen LogP contribution in [0.15, 0.2) is 12.5 Å². The van der Waals surface area contributed by atoms with Crippen molar-refractivity contribution in [3.63, 3.8) is 0 Å². The SMILES string of the molecule is COCc1c(C(=O)OC)nnn1Cc1cncn1C1CC1. The molecule has 0 radical (unpaired) electrons. The number of carbonyl (C=O) groups excluding carboxylic acids is 1. The lowest BCUT2D eigenvalue weighted by atomic mass is 10.3. The van der Waals surface area contributed by atoms with Crippen molar-refractivity contribution >= 4 is 5.97 Å². The molecule has 8 heteroatoms. The van der Waals surface area contributed by atoms with Gasteiger partial charge in [-0.3, -0.25) is 0 Å². The second kappa shape index (κ2) is 5.65. The van der Waals surface area contributed by atoms with Crippen molar-refractivity contribution in [3.8, 4) is 0 Å². The molecule has 112 valence electrons. The molecule has 21 heavy (non-hydrogen) atoms. The van der Waals surface area contributed by atoms with E-state index in [1.165, 1.54) is 20.0 Å². The van der Waals surface area contributed by atoms with Gasteiger partial charge in [-0.2, -0.15) is 0 Å². The molecular weight excluding hydrogens is 274 g/mol. The van der Waals surface area contributed by atoms with Gasteiger partial charge in [-0.25, -0.2) is 14.5 Å². The lowest BCUT2D eigenvalue weighted by Crippen LogP contribution is -2.13. The number of nitrogens with zero attached hydrogens (tertiary/aromatic N) is 5. The number of rotatable bonds is 6. The Labute approximate surface area is 121 Å². The molecule has 0 saturated heterocycles. The quantitative estimate of drug-likeness (QED) is 0.732. The van der Waals surface area contributed by atoms with Gasteiger partial charge in [-0.15, -0.1) is 5.10 Å². The minimum absolute atomic E-state index is 0.192. The van der Waals surface area contributed by atoms with Crippen LogP contribution in [0.4, 0.5) is 0 Å². The molecule has 0 N–H and O–H groups in total. The van der Waals surface area contributed by atoms with Crippen LogP contribution in [0.5, 0.6) is 0 Å². The number of imidazole rings is 1. The third kappa shape index (κ3) is 2.66. The van der Waals surface area contributed by atoms with Crippen molar-refractivity contribution in [2.24, 2.45) is 0 Å². The van der Waals surface area contributed by atoms with Gasteiger partial charge in [-0.1, -0.05) is 5.21 Å². The fraction of sp³-hybridized carbons (Fsp3) is 0.538. The first-order valence-corrected chi connectivity index (χ1v) is 6.75. The smallest absolute Gasteiger partial charge is 0.360 e. The van der Waals surface area contributed by atoms with Crippen molar-refractivity contribution in [1.29, 1.82) is 0 Å². The summed E-state index contributed by atoms with van der Waals surface area (Å²) in [5.41, 5.74) is 1.83. The Balaban J connectivity index is 1.89. The molecule has 0 aliphatic heterocycles. The van der Waals surface area contributed by atoms with E-state index in [0.717, 1.165) is 5.69 Å². The number of aromatic nitrogens is 5. The highest BCUT2D eigenvalue weighted by Crippen LogP contribution is 2.35. The van der Waals surface area contributed by atoms with E-state index in [-0.39, 0.29) is 12.3 Å². The van der Waals surface area contributed by atoms with Gasteiger partial charge in [0.15, 0.2) is 5.69 Å². The topological polar surface area (TPSA) is 84.1 Å². The first-order chi connectivity index (χ1) is 10.2. The molecule has 2 heterocycles. The fourth-order valence-electron chi connectivity index (χ4n) is 2.28. The van der Waals surface area contributed by atoms with Gasteiger partial charge < -0.3 is 14.0 Å². The predicted octanol–water partition coefficient (Wildman–Crippen LogP) is 0.791. The number of esters is 1. The van der Waals surface area contributed by atoms with Crippen molar-refractivity contribution in [2.75, 3.05) is 14.2 Å². The summed E-state index contributed by atoms with van der Waals surface area (Å²) in [4.78, 5) is 15.9. The average molecular weight is 291 g/mol. The largest absolute Gasteiger partial charge is 0.464 e. The lowest BCUT2D eigenvalue weighted by Gasteiger charge is -2.09. The Morgan fingerprint density at radius 3 is 2.90 bits per heavy atom. The predicted molar refractivity (Wildman–Crippen MR) is 71.7 cm³/mol. The maximum Gasteiger partial charge on any atom is 0.360 e. The Morgan fingerprint density at radius 2 is 2.24 bits per heavy atom. The summed E-state index contributed by atoms with van der Waals surface area (Å²) in [5, 5.41) is 7.95. The molecule has 0 amide bonds. The van der Waals surface area contributed by atoms with Gasteiger partial charge in [0.1, 0.15) is 0 Å². The second-order valence-electron chi connectivity index (χ2n) is 4.99. The monoisotopic (exact) mass is 291 g/mol. The van der Waals surface area contributed by atoms with Crippen LogP contribution in [-0.2, 0) is 22.6 Å². The van der Waals surface area contributed by atoms with Gasteiger partial charge in [-0.05, 0) is 12.8 Å². The molecule has 1 aliphatic rings. The van der Waals surface area contributed by atoms with Crippen LogP contribution in [0.25, 0.3) is 0 Å². The summed E-state index contributed by atoms with van der Waals surface area (Å²) >= 11 is 0. The Hall–Kier alpha value is -2.22. The van der Waals surface area contributed by atoms with Crippen molar-refractivity contribution in [3.05, 3.63) is 29.6 Å². The molecule has 2 aromatic heterocycles. The molecule has 0 spiro atoms. The minimum atomic E-state index is -0.510. The van der Waals surface area contributed by atoms with Gasteiger partial charge in [0.25, 0.3) is 0 Å². The molecule has 2 aromatic rings. The zero-order chi connectivity index (χ0) is 14.8. The third-order valence-corrected chi connectivity index (χ3v) is 3.50. The standard InChI is InChI=1S/C13H17N5O3/c1-20-7-11-12(13(19)21-2)15-16-18(11)6-10-5-14-8-17(10)9-3-4-9/h5,8-9H,3-4,6-7H2,1-2H3. The van der Waals surface area contributed by atoms with E-state index in [1.54, 1.807) is 11.8 Å². The van der Waals surface area contributed by atoms with E-state index >= 15 is 0 Å². The summed E-state index contributed by atoms with van der Waals surface area (Å²) in [5.74, 6) is -0.510. The molecule has 1 fully saturated rings. The summed E-state index contributed by atoms with van der Waals surface area (Å²) in [7, 11) is 2.88. The number of carbonyl (C=O) groups is 1. The Bertz CT molecular complexity index is 644. The summed E-state index contributed by atoms with van der Waals surface area (Å²) in [6, 6.07) is 0.539. The van der Waals surface area contributed by atoms with E-state index in [4.69, 9.17) is 9.47 Å². The summed E-state index contributed by atoms with van der Waals surface area (Å²) < 4.78 is 13.7. The van der Waals surface area contributed by atoms with Crippen LogP contribution < -0.4 is 0 Å². The zero-order valence-electron chi connectivity index (χ0n) is 12.0. The Morgan fingerprint density at radius 1 is 1.43 bits per heavy atom. The maximum absolute atomic E-state index is 11.7. The van der Waals surface area contributed by atoms with E-state index < -0.39 is 5.97 Å². The number of methoxy groups -OCH3 is 2. The molecule has 0 bridgehead atoms. The highest BCUT2D eigenvalue weighted by molar-refractivity contribution is 5.88. The molecule has 0 aromatic carbocycles. The van der Waals surface area contributed by atoms with E-state index in [2.05, 4.69) is 19.9 Å². The minimum Gasteiger partial charge on any atom is -0.464 e. The molecule has 3 rings (SSSR count). The van der Waals surface area contributed by atoms with E-state index in [1.807, 2.05) is 12.5 Å². The van der Waals surface area contributed by atoms with E-state index in [0.29, 0.717) is 18.3 Å². The van der Waals surface area contributed by atoms with Crippen LogP contribution >= 0.6 is 0 Å². The van der Waals surface area contributed by atoms with Gasteiger partial charge >= 0.3 is 5.97 Å². The molecule has 0 atom stereocenters. The average Bonchev–Trinajstić information content (AvgIpc) is 3.11. The molecular formula is C13H17N5O3. The van der Waals surface area contributed by atoms with E-state index in [9.17, 15) is 4.79 Å². The number of hydrogen-bond acceptors (Lipinski definition) is 6. The van der Waals surface area contributed by atoms with Crippen LogP contribution in [0.1, 0.15) is 40.8 Å². The number of hydrogen-bond donors (Lipinski definition) is 0. The van der Waals surface area contributed by atoms with Crippen molar-refractivity contribution in [2.45, 2.75) is 32.0 Å². The van der Waals surface area contributed by atoms with Crippen LogP contribution in [0.2, 0.25) is 0 Å². The van der Waals surface area contributed by atoms with Crippen LogP contribution in [0, 0.1) is 0 Å². The highest BCUT2D eigenvalue weighted by atomic mass is 16.5. The van der Waals surface area contributed by atoms with Crippen LogP contribution in [-0.4, -0.2) is 44.7 Å². The summed E-state index contributed by atoms with van der Waals surface area (Å²) in [6.45, 7) is 0.744. The van der Waals surface area contributed by atoms with Crippen molar-refractivity contribution in [1.82, 2.24) is 24.5 Å².